The van der Waals surface area contributed by atoms with Gasteiger partial charge in [-0.2, -0.15) is 0 Å². The van der Waals surface area contributed by atoms with E-state index in [9.17, 15) is 0 Å². The molecule has 0 aliphatic heterocycles. The lowest BCUT2D eigenvalue weighted by Gasteiger charge is -2.21. The van der Waals surface area contributed by atoms with Gasteiger partial charge in [0.05, 0.1) is 0 Å². The second-order valence-electron chi connectivity index (χ2n) is 4.36. The van der Waals surface area contributed by atoms with Crippen molar-refractivity contribution in [3.05, 3.63) is 23.9 Å². The molecule has 0 spiro atoms. The Kier molecular flexibility index (Phi) is 4.12. The van der Waals surface area contributed by atoms with Crippen LogP contribution in [0.4, 0.5) is 0 Å². The maximum atomic E-state index is 4.44. The minimum atomic E-state index is 0.113. The van der Waals surface area contributed by atoms with E-state index in [-0.39, 0.29) is 5.41 Å². The minimum absolute atomic E-state index is 0.113. The highest BCUT2D eigenvalue weighted by Gasteiger charge is 2.16. The highest BCUT2D eigenvalue weighted by Crippen LogP contribution is 2.24. The zero-order chi connectivity index (χ0) is 10.6. The second-order valence-corrected chi connectivity index (χ2v) is 4.36. The summed E-state index contributed by atoms with van der Waals surface area (Å²) in [4.78, 5) is 4.44. The molecule has 0 aliphatic carbocycles. The van der Waals surface area contributed by atoms with Crippen LogP contribution in [0.2, 0.25) is 0 Å². The Labute approximate surface area is 82.3 Å². The van der Waals surface area contributed by atoms with E-state index >= 15 is 0 Å². The average Bonchev–Trinajstić information content (AvgIpc) is 2.01. The summed E-state index contributed by atoms with van der Waals surface area (Å²) in [7, 11) is 0. The van der Waals surface area contributed by atoms with Gasteiger partial charge < -0.3 is 0 Å². The van der Waals surface area contributed by atoms with Gasteiger partial charge >= 0.3 is 0 Å². The van der Waals surface area contributed by atoms with Crippen LogP contribution in [-0.2, 0) is 0 Å². The van der Waals surface area contributed by atoms with E-state index in [0.717, 1.165) is 17.0 Å². The predicted molar refractivity (Wildman–Crippen MR) is 61.1 cm³/mol. The monoisotopic (exact) mass is 179 g/mol. The normalized spacial score (nSPS) is 14.6. The maximum Gasteiger partial charge on any atom is 0.0407 e. The molecule has 0 amide bonds. The van der Waals surface area contributed by atoms with Crippen LogP contribution in [-0.4, -0.2) is 5.71 Å². The molecular formula is C12H21N. The van der Waals surface area contributed by atoms with Gasteiger partial charge in [0, 0.05) is 11.4 Å². The molecule has 74 valence electrons. The molecule has 0 saturated heterocycles. The summed E-state index contributed by atoms with van der Waals surface area (Å²) in [5, 5.41) is 0. The summed E-state index contributed by atoms with van der Waals surface area (Å²) in [6.45, 7) is 16.5. The summed E-state index contributed by atoms with van der Waals surface area (Å²) in [6.07, 6.45) is 2.00. The molecule has 0 aromatic rings. The second kappa shape index (κ2) is 4.40. The van der Waals surface area contributed by atoms with Crippen LogP contribution >= 0.6 is 0 Å². The number of hydrogen-bond acceptors (Lipinski definition) is 1. The first-order valence-electron chi connectivity index (χ1n) is 4.67. The molecule has 0 rings (SSSR count). The van der Waals surface area contributed by atoms with E-state index in [1.54, 1.807) is 0 Å². The summed E-state index contributed by atoms with van der Waals surface area (Å²) < 4.78 is 0. The van der Waals surface area contributed by atoms with Crippen molar-refractivity contribution in [2.75, 3.05) is 0 Å². The van der Waals surface area contributed by atoms with Crippen LogP contribution in [0.15, 0.2) is 28.9 Å². The fraction of sp³-hybridized carbons (Fsp3) is 0.583. The van der Waals surface area contributed by atoms with Gasteiger partial charge in [-0.3, -0.25) is 4.99 Å². The van der Waals surface area contributed by atoms with E-state index in [2.05, 4.69) is 32.3 Å². The molecule has 0 heterocycles. The fourth-order valence-electron chi connectivity index (χ4n) is 0.939. The third-order valence-corrected chi connectivity index (χ3v) is 2.10. The molecule has 0 aromatic carbocycles. The molecule has 0 bridgehead atoms. The SMILES string of the molecule is C=C(C(C)=N/C(C)=C\C)C(C)(C)C. The molecule has 0 aromatic heterocycles. The van der Waals surface area contributed by atoms with Crippen LogP contribution in [0.25, 0.3) is 0 Å². The lowest BCUT2D eigenvalue weighted by molar-refractivity contribution is 0.526. The topological polar surface area (TPSA) is 12.4 Å². The molecule has 0 unspecified atom stereocenters. The molecule has 13 heavy (non-hydrogen) atoms. The van der Waals surface area contributed by atoms with Crippen molar-refractivity contribution in [1.82, 2.24) is 0 Å². The summed E-state index contributed by atoms with van der Waals surface area (Å²) in [5.74, 6) is 0. The standard InChI is InChI=1S/C12H21N/c1-8-9(2)13-11(4)10(3)12(5,6)7/h8H,3H2,1-2,4-7H3/b9-8-,13-11?. The third kappa shape index (κ3) is 4.07. The van der Waals surface area contributed by atoms with Gasteiger partial charge in [0.15, 0.2) is 0 Å². The van der Waals surface area contributed by atoms with Crippen molar-refractivity contribution in [3.63, 3.8) is 0 Å². The Hall–Kier alpha value is -0.850. The van der Waals surface area contributed by atoms with E-state index in [1.165, 1.54) is 0 Å². The van der Waals surface area contributed by atoms with Crippen LogP contribution in [0.1, 0.15) is 41.5 Å². The zero-order valence-electron chi connectivity index (χ0n) is 9.73. The first kappa shape index (κ1) is 12.2. The number of rotatable bonds is 2. The van der Waals surface area contributed by atoms with Gasteiger partial charge in [-0.1, -0.05) is 33.4 Å². The number of nitrogens with zero attached hydrogens (tertiary/aromatic N) is 1. The Morgan fingerprint density at radius 3 is 2.00 bits per heavy atom. The molecule has 0 aliphatic rings. The van der Waals surface area contributed by atoms with Gasteiger partial charge in [0.2, 0.25) is 0 Å². The number of hydrogen-bond donors (Lipinski definition) is 0. The highest BCUT2D eigenvalue weighted by molar-refractivity contribution is 5.99. The van der Waals surface area contributed by atoms with E-state index < -0.39 is 0 Å². The molecule has 1 heteroatoms. The van der Waals surface area contributed by atoms with Crippen molar-refractivity contribution in [2.24, 2.45) is 10.4 Å². The first-order valence-corrected chi connectivity index (χ1v) is 4.67. The predicted octanol–water partition coefficient (Wildman–Crippen LogP) is 3.97. The van der Waals surface area contributed by atoms with Crippen molar-refractivity contribution in [1.29, 1.82) is 0 Å². The zero-order valence-corrected chi connectivity index (χ0v) is 9.73. The first-order chi connectivity index (χ1) is 5.79. The van der Waals surface area contributed by atoms with Gasteiger partial charge in [-0.25, -0.2) is 0 Å². The van der Waals surface area contributed by atoms with Gasteiger partial charge in [0.25, 0.3) is 0 Å². The minimum Gasteiger partial charge on any atom is -0.259 e. The smallest absolute Gasteiger partial charge is 0.0407 e. The molecule has 0 saturated carbocycles. The lowest BCUT2D eigenvalue weighted by atomic mass is 9.85. The Balaban J connectivity index is 4.72. The highest BCUT2D eigenvalue weighted by atomic mass is 14.7. The fourth-order valence-corrected chi connectivity index (χ4v) is 0.939. The summed E-state index contributed by atoms with van der Waals surface area (Å²) in [5.41, 5.74) is 3.29. The van der Waals surface area contributed by atoms with E-state index in [1.807, 2.05) is 26.8 Å². The molecule has 0 N–H and O–H groups in total. The van der Waals surface area contributed by atoms with Crippen LogP contribution in [0, 0.1) is 5.41 Å². The van der Waals surface area contributed by atoms with Crippen LogP contribution in [0.3, 0.4) is 0 Å². The van der Waals surface area contributed by atoms with Crippen LogP contribution in [0.5, 0.6) is 0 Å². The van der Waals surface area contributed by atoms with E-state index in [0.29, 0.717) is 0 Å². The molecule has 0 fully saturated rings. The molecular weight excluding hydrogens is 158 g/mol. The number of aliphatic imine (C=N–C) groups is 1. The van der Waals surface area contributed by atoms with Crippen molar-refractivity contribution >= 4 is 5.71 Å². The quantitative estimate of drug-likeness (QED) is 0.569. The van der Waals surface area contributed by atoms with E-state index in [4.69, 9.17) is 0 Å². The Morgan fingerprint density at radius 2 is 1.69 bits per heavy atom. The molecule has 0 radical (unpaired) electrons. The largest absolute Gasteiger partial charge is 0.259 e. The van der Waals surface area contributed by atoms with Crippen LogP contribution < -0.4 is 0 Å². The Morgan fingerprint density at radius 1 is 1.23 bits per heavy atom. The molecule has 0 atom stereocenters. The maximum absolute atomic E-state index is 4.44. The third-order valence-electron chi connectivity index (χ3n) is 2.10. The number of allylic oxidation sites excluding steroid dienone is 3. The van der Waals surface area contributed by atoms with Crippen molar-refractivity contribution in [3.8, 4) is 0 Å². The summed E-state index contributed by atoms with van der Waals surface area (Å²) >= 11 is 0. The van der Waals surface area contributed by atoms with Gasteiger partial charge in [0.1, 0.15) is 0 Å². The van der Waals surface area contributed by atoms with Crippen molar-refractivity contribution in [2.45, 2.75) is 41.5 Å². The Bertz CT molecular complexity index is 249. The van der Waals surface area contributed by atoms with Gasteiger partial charge in [-0.05, 0) is 31.8 Å². The van der Waals surface area contributed by atoms with Gasteiger partial charge in [-0.15, -0.1) is 0 Å². The van der Waals surface area contributed by atoms with Crippen molar-refractivity contribution < 1.29 is 0 Å². The average molecular weight is 179 g/mol. The lowest BCUT2D eigenvalue weighted by Crippen LogP contribution is -2.14. The summed E-state index contributed by atoms with van der Waals surface area (Å²) in [6, 6.07) is 0. The molecule has 1 nitrogen and oxygen atoms in total.